The van der Waals surface area contributed by atoms with E-state index in [-0.39, 0.29) is 0 Å². The molecule has 0 amide bonds. The molecule has 58 valence electrons. The third-order valence-electron chi connectivity index (χ3n) is 3.81. The summed E-state index contributed by atoms with van der Waals surface area (Å²) in [6, 6.07) is 0. The van der Waals surface area contributed by atoms with Crippen molar-refractivity contribution in [3.8, 4) is 0 Å². The van der Waals surface area contributed by atoms with Gasteiger partial charge in [-0.15, -0.1) is 0 Å². The molecular weight excluding hydrogens is 122 g/mol. The minimum Gasteiger partial charge on any atom is -0.330 e. The van der Waals surface area contributed by atoms with E-state index in [1.54, 1.807) is 0 Å². The van der Waals surface area contributed by atoms with E-state index in [1.165, 1.54) is 19.3 Å². The van der Waals surface area contributed by atoms with E-state index in [1.807, 2.05) is 0 Å². The van der Waals surface area contributed by atoms with E-state index in [9.17, 15) is 0 Å². The summed E-state index contributed by atoms with van der Waals surface area (Å²) in [5.74, 6) is 3.85. The molecule has 10 heavy (non-hydrogen) atoms. The molecule has 1 heteroatoms. The molecule has 0 saturated heterocycles. The van der Waals surface area contributed by atoms with Crippen molar-refractivity contribution in [1.29, 1.82) is 0 Å². The van der Waals surface area contributed by atoms with Crippen molar-refractivity contribution in [3.63, 3.8) is 0 Å². The number of fused-ring (bicyclic) bond motifs is 2. The van der Waals surface area contributed by atoms with Crippen LogP contribution in [0, 0.1) is 23.7 Å². The Balaban J connectivity index is 2.10. The molecule has 2 rings (SSSR count). The topological polar surface area (TPSA) is 26.0 Å². The molecule has 2 fully saturated rings. The van der Waals surface area contributed by atoms with E-state index in [4.69, 9.17) is 5.73 Å². The van der Waals surface area contributed by atoms with E-state index < -0.39 is 0 Å². The van der Waals surface area contributed by atoms with E-state index in [0.29, 0.717) is 0 Å². The van der Waals surface area contributed by atoms with Crippen molar-refractivity contribution in [2.75, 3.05) is 6.54 Å². The first-order valence-corrected chi connectivity index (χ1v) is 4.53. The molecule has 2 aliphatic carbocycles. The van der Waals surface area contributed by atoms with Crippen LogP contribution in [0.25, 0.3) is 0 Å². The summed E-state index contributed by atoms with van der Waals surface area (Å²) in [6.45, 7) is 3.32. The van der Waals surface area contributed by atoms with Crippen molar-refractivity contribution in [1.82, 2.24) is 0 Å². The number of hydrogen-bond donors (Lipinski definition) is 1. The first-order chi connectivity index (χ1) is 4.83. The zero-order valence-electron chi connectivity index (χ0n) is 6.72. The maximum Gasteiger partial charge on any atom is -0.00436 e. The molecule has 0 aromatic carbocycles. The summed E-state index contributed by atoms with van der Waals surface area (Å²) in [7, 11) is 0. The summed E-state index contributed by atoms with van der Waals surface area (Å²) >= 11 is 0. The lowest BCUT2D eigenvalue weighted by molar-refractivity contribution is 0.246. The SMILES string of the molecule is CC1C2CCC(C2)C1CN. The first kappa shape index (κ1) is 6.66. The Morgan fingerprint density at radius 1 is 1.30 bits per heavy atom. The van der Waals surface area contributed by atoms with E-state index in [2.05, 4.69) is 6.92 Å². The van der Waals surface area contributed by atoms with Crippen LogP contribution in [-0.4, -0.2) is 6.54 Å². The van der Waals surface area contributed by atoms with Gasteiger partial charge in [0.1, 0.15) is 0 Å². The summed E-state index contributed by atoms with van der Waals surface area (Å²) in [5.41, 5.74) is 5.71. The molecule has 1 nitrogen and oxygen atoms in total. The zero-order valence-corrected chi connectivity index (χ0v) is 6.72. The molecule has 2 aliphatic rings. The highest BCUT2D eigenvalue weighted by Crippen LogP contribution is 2.51. The highest BCUT2D eigenvalue weighted by Gasteiger charge is 2.43. The molecular formula is C9H17N. The number of nitrogens with two attached hydrogens (primary N) is 1. The van der Waals surface area contributed by atoms with Gasteiger partial charge in [-0.25, -0.2) is 0 Å². The highest BCUT2D eigenvalue weighted by atomic mass is 14.6. The lowest BCUT2D eigenvalue weighted by Crippen LogP contribution is -2.27. The Labute approximate surface area is 63.0 Å². The molecule has 0 radical (unpaired) electrons. The third kappa shape index (κ3) is 0.731. The summed E-state index contributed by atoms with van der Waals surface area (Å²) in [5, 5.41) is 0. The second-order valence-electron chi connectivity index (χ2n) is 4.09. The quantitative estimate of drug-likeness (QED) is 0.587. The van der Waals surface area contributed by atoms with Crippen LogP contribution in [0.3, 0.4) is 0 Å². The van der Waals surface area contributed by atoms with Gasteiger partial charge in [0.15, 0.2) is 0 Å². The van der Waals surface area contributed by atoms with Crippen molar-refractivity contribution >= 4 is 0 Å². The predicted molar refractivity (Wildman–Crippen MR) is 42.5 cm³/mol. The second-order valence-corrected chi connectivity index (χ2v) is 4.09. The van der Waals surface area contributed by atoms with Crippen LogP contribution in [0.2, 0.25) is 0 Å². The Kier molecular flexibility index (Phi) is 1.48. The van der Waals surface area contributed by atoms with Crippen LogP contribution in [-0.2, 0) is 0 Å². The Hall–Kier alpha value is -0.0400. The normalized spacial score (nSPS) is 52.2. The summed E-state index contributed by atoms with van der Waals surface area (Å²) in [4.78, 5) is 0. The molecule has 0 aliphatic heterocycles. The monoisotopic (exact) mass is 139 g/mol. The van der Waals surface area contributed by atoms with Crippen LogP contribution in [0.15, 0.2) is 0 Å². The van der Waals surface area contributed by atoms with Crippen LogP contribution >= 0.6 is 0 Å². The highest BCUT2D eigenvalue weighted by molar-refractivity contribution is 4.94. The fourth-order valence-electron chi connectivity index (χ4n) is 3.11. The minimum absolute atomic E-state index is 0.874. The van der Waals surface area contributed by atoms with Gasteiger partial charge in [0, 0.05) is 0 Å². The Morgan fingerprint density at radius 2 is 2.00 bits per heavy atom. The van der Waals surface area contributed by atoms with Gasteiger partial charge in [-0.2, -0.15) is 0 Å². The van der Waals surface area contributed by atoms with Crippen molar-refractivity contribution in [2.45, 2.75) is 26.2 Å². The molecule has 2 bridgehead atoms. The maximum absolute atomic E-state index is 5.71. The number of rotatable bonds is 1. The largest absolute Gasteiger partial charge is 0.330 e. The van der Waals surface area contributed by atoms with Gasteiger partial charge in [-0.3, -0.25) is 0 Å². The van der Waals surface area contributed by atoms with Crippen molar-refractivity contribution in [3.05, 3.63) is 0 Å². The lowest BCUT2D eigenvalue weighted by Gasteiger charge is -2.26. The van der Waals surface area contributed by atoms with Gasteiger partial charge in [-0.05, 0) is 49.5 Å². The molecule has 0 spiro atoms. The molecule has 2 saturated carbocycles. The third-order valence-corrected chi connectivity index (χ3v) is 3.81. The predicted octanol–water partition coefficient (Wildman–Crippen LogP) is 1.63. The van der Waals surface area contributed by atoms with Gasteiger partial charge >= 0.3 is 0 Å². The summed E-state index contributed by atoms with van der Waals surface area (Å²) < 4.78 is 0. The van der Waals surface area contributed by atoms with Crippen LogP contribution in [0.5, 0.6) is 0 Å². The fourth-order valence-corrected chi connectivity index (χ4v) is 3.11. The smallest absolute Gasteiger partial charge is 0.00436 e. The standard InChI is InChI=1S/C9H17N/c1-6-7-2-3-8(4-7)9(6)5-10/h6-9H,2-5,10H2,1H3. The second kappa shape index (κ2) is 2.23. The Morgan fingerprint density at radius 3 is 2.40 bits per heavy atom. The van der Waals surface area contributed by atoms with Gasteiger partial charge in [0.2, 0.25) is 0 Å². The van der Waals surface area contributed by atoms with Gasteiger partial charge in [0.05, 0.1) is 0 Å². The average molecular weight is 139 g/mol. The average Bonchev–Trinajstić information content (AvgIpc) is 2.46. The first-order valence-electron chi connectivity index (χ1n) is 4.53. The molecule has 0 aromatic heterocycles. The minimum atomic E-state index is 0.874. The molecule has 2 N–H and O–H groups in total. The molecule has 0 aromatic rings. The number of hydrogen-bond acceptors (Lipinski definition) is 1. The van der Waals surface area contributed by atoms with Gasteiger partial charge in [0.25, 0.3) is 0 Å². The molecule has 0 heterocycles. The van der Waals surface area contributed by atoms with Gasteiger partial charge < -0.3 is 5.73 Å². The molecule has 4 unspecified atom stereocenters. The van der Waals surface area contributed by atoms with E-state index in [0.717, 1.165) is 30.2 Å². The van der Waals surface area contributed by atoms with Crippen molar-refractivity contribution < 1.29 is 0 Å². The van der Waals surface area contributed by atoms with Crippen LogP contribution < -0.4 is 5.73 Å². The van der Waals surface area contributed by atoms with Gasteiger partial charge in [-0.1, -0.05) is 6.92 Å². The van der Waals surface area contributed by atoms with Crippen LogP contribution in [0.4, 0.5) is 0 Å². The van der Waals surface area contributed by atoms with E-state index >= 15 is 0 Å². The lowest BCUT2D eigenvalue weighted by atomic mass is 9.81. The molecule has 4 atom stereocenters. The van der Waals surface area contributed by atoms with Crippen molar-refractivity contribution in [2.24, 2.45) is 29.4 Å². The maximum atomic E-state index is 5.71. The summed E-state index contributed by atoms with van der Waals surface area (Å²) in [6.07, 6.45) is 4.45. The fraction of sp³-hybridized carbons (Fsp3) is 1.00. The van der Waals surface area contributed by atoms with Crippen LogP contribution in [0.1, 0.15) is 26.2 Å². The zero-order chi connectivity index (χ0) is 7.14. The Bertz CT molecular complexity index is 131.